The van der Waals surface area contributed by atoms with Crippen molar-refractivity contribution in [2.45, 2.75) is 6.18 Å². The van der Waals surface area contributed by atoms with Gasteiger partial charge in [0.2, 0.25) is 0 Å². The highest BCUT2D eigenvalue weighted by Crippen LogP contribution is 2.36. The average Bonchev–Trinajstić information content (AvgIpc) is 3.48. The molecule has 2 heterocycles. The predicted molar refractivity (Wildman–Crippen MR) is 89.4 cm³/mol. The van der Waals surface area contributed by atoms with Gasteiger partial charge in [0, 0.05) is 11.3 Å². The molecule has 2 aliphatic rings. The maximum Gasteiger partial charge on any atom is 0.417 e. The zero-order valence-corrected chi connectivity index (χ0v) is 14.0. The van der Waals surface area contributed by atoms with Crippen molar-refractivity contribution in [2.75, 3.05) is 5.32 Å². The summed E-state index contributed by atoms with van der Waals surface area (Å²) in [6.45, 7) is 0. The molecule has 11 heteroatoms. The van der Waals surface area contributed by atoms with Gasteiger partial charge in [0.1, 0.15) is 0 Å². The molecule has 0 fully saturated rings. The van der Waals surface area contributed by atoms with Gasteiger partial charge in [-0.3, -0.25) is 10.1 Å². The van der Waals surface area contributed by atoms with Gasteiger partial charge in [0.15, 0.2) is 0 Å². The highest BCUT2D eigenvalue weighted by atomic mass is 35.5. The number of hydrogen-bond acceptors (Lipinski definition) is 3. The smallest absolute Gasteiger partial charge is 0.308 e. The van der Waals surface area contributed by atoms with Crippen molar-refractivity contribution in [1.29, 1.82) is 0 Å². The molecule has 0 aliphatic carbocycles. The molecule has 4 rings (SSSR count). The predicted octanol–water partition coefficient (Wildman–Crippen LogP) is 3.61. The van der Waals surface area contributed by atoms with E-state index in [4.69, 9.17) is 11.6 Å². The van der Waals surface area contributed by atoms with Crippen LogP contribution in [0.4, 0.5) is 23.7 Å². The summed E-state index contributed by atoms with van der Waals surface area (Å²) in [5.74, 6) is 0.0836. The number of alkyl halides is 3. The van der Waals surface area contributed by atoms with Crippen molar-refractivity contribution in [1.82, 2.24) is 19.9 Å². The van der Waals surface area contributed by atoms with Crippen LogP contribution in [0.15, 0.2) is 42.5 Å². The molecule has 2 aromatic carbocycles. The quantitative estimate of drug-likeness (QED) is 0.556. The Hall–Kier alpha value is -3.27. The third-order valence-electron chi connectivity index (χ3n) is 3.77. The topological polar surface area (TPSA) is 81.0 Å². The second kappa shape index (κ2) is 5.88. The number of fused-ring (bicyclic) bond motifs is 1. The fourth-order valence-electron chi connectivity index (χ4n) is 2.40. The van der Waals surface area contributed by atoms with Crippen LogP contribution in [0.25, 0.3) is 11.6 Å². The van der Waals surface area contributed by atoms with E-state index in [-0.39, 0.29) is 11.3 Å². The largest absolute Gasteiger partial charge is 0.417 e. The number of nitrogens with one attached hydrogen (secondary N) is 2. The lowest BCUT2D eigenvalue weighted by atomic mass is 10.2. The van der Waals surface area contributed by atoms with E-state index in [1.54, 1.807) is 27.7 Å². The molecule has 0 radical (unpaired) electrons. The van der Waals surface area contributed by atoms with E-state index < -0.39 is 28.7 Å². The lowest BCUT2D eigenvalue weighted by Crippen LogP contribution is -2.34. The summed E-state index contributed by atoms with van der Waals surface area (Å²) in [4.78, 5) is 25.7. The number of amides is 3. The van der Waals surface area contributed by atoms with Gasteiger partial charge in [-0.2, -0.15) is 17.9 Å². The SMILES string of the molecule is O=C(NC(=O)c1cccc(-n2c3nn2-3)c1)Nc1ccc(Cl)c(C(F)(F)F)c1. The molecule has 2 aromatic rings. The lowest BCUT2D eigenvalue weighted by molar-refractivity contribution is -0.137. The number of halogens is 4. The van der Waals surface area contributed by atoms with Crippen LogP contribution in [0.3, 0.4) is 0 Å². The van der Waals surface area contributed by atoms with Crippen molar-refractivity contribution < 1.29 is 22.8 Å². The third kappa shape index (κ3) is 3.38. The molecule has 0 spiro atoms. The van der Waals surface area contributed by atoms with Crippen LogP contribution in [0.1, 0.15) is 15.9 Å². The van der Waals surface area contributed by atoms with E-state index in [1.165, 1.54) is 12.1 Å². The maximum absolute atomic E-state index is 12.9. The summed E-state index contributed by atoms with van der Waals surface area (Å²) in [7, 11) is 0. The number of rotatable bonds is 3. The average molecular weight is 396 g/mol. The third-order valence-corrected chi connectivity index (χ3v) is 4.10. The molecule has 0 aromatic heterocycles. The number of hydrogen-bond donors (Lipinski definition) is 2. The molecule has 2 aliphatic heterocycles. The maximum atomic E-state index is 12.9. The number of urea groups is 1. The van der Waals surface area contributed by atoms with Gasteiger partial charge in [0.05, 0.1) is 16.3 Å². The minimum atomic E-state index is -4.67. The first-order chi connectivity index (χ1) is 12.7. The second-order valence-corrected chi connectivity index (χ2v) is 6.06. The van der Waals surface area contributed by atoms with Gasteiger partial charge in [-0.05, 0) is 36.4 Å². The number of imide groups is 1. The van der Waals surface area contributed by atoms with Gasteiger partial charge in [-0.25, -0.2) is 4.79 Å². The number of anilines is 1. The Morgan fingerprint density at radius 2 is 1.85 bits per heavy atom. The van der Waals surface area contributed by atoms with Crippen molar-refractivity contribution in [3.8, 4) is 11.6 Å². The lowest BCUT2D eigenvalue weighted by Gasteiger charge is -2.12. The molecule has 138 valence electrons. The Kier molecular flexibility index (Phi) is 3.74. The van der Waals surface area contributed by atoms with E-state index in [2.05, 4.69) is 15.7 Å². The zero-order valence-electron chi connectivity index (χ0n) is 13.2. The Bertz CT molecular complexity index is 1070. The Balaban J connectivity index is 1.44. The van der Waals surface area contributed by atoms with Crippen molar-refractivity contribution in [3.63, 3.8) is 0 Å². The van der Waals surface area contributed by atoms with E-state index in [1.807, 2.05) is 0 Å². The zero-order chi connectivity index (χ0) is 19.3. The molecule has 0 atom stereocenters. The van der Waals surface area contributed by atoms with Crippen molar-refractivity contribution in [3.05, 3.63) is 58.6 Å². The molecular formula is C16H9ClF3N5O2. The van der Waals surface area contributed by atoms with E-state index in [0.717, 1.165) is 12.0 Å². The first-order valence-electron chi connectivity index (χ1n) is 7.52. The molecule has 2 N–H and O–H groups in total. The van der Waals surface area contributed by atoms with Crippen LogP contribution in [-0.4, -0.2) is 26.5 Å². The Morgan fingerprint density at radius 1 is 1.11 bits per heavy atom. The van der Waals surface area contributed by atoms with E-state index >= 15 is 0 Å². The highest BCUT2D eigenvalue weighted by molar-refractivity contribution is 6.31. The van der Waals surface area contributed by atoms with E-state index in [9.17, 15) is 22.8 Å². The minimum Gasteiger partial charge on any atom is -0.308 e. The van der Waals surface area contributed by atoms with Crippen LogP contribution in [-0.2, 0) is 6.18 Å². The molecule has 7 nitrogen and oxygen atoms in total. The normalized spacial score (nSPS) is 12.0. The standard InChI is InChI=1S/C16H9ClF3N5O2/c17-12-5-4-9(7-11(12)16(18,19)20)21-14(27)22-13(26)8-2-1-3-10(6-8)24-15-23-25(15)24/h1-7H,(H2,21,22,26,27). The Labute approximate surface area is 154 Å². The number of aromatic nitrogens is 3. The number of nitrogens with zero attached hydrogens (tertiary/aromatic N) is 3. The molecule has 0 unspecified atom stereocenters. The number of carbonyl (C=O) groups is 2. The fraction of sp³-hybridized carbons (Fsp3) is 0.0625. The molecule has 0 saturated heterocycles. The summed E-state index contributed by atoms with van der Waals surface area (Å²) in [6.07, 6.45) is -4.67. The molecule has 0 saturated carbocycles. The van der Waals surface area contributed by atoms with Crippen molar-refractivity contribution >= 4 is 29.2 Å². The van der Waals surface area contributed by atoms with Gasteiger partial charge in [-0.1, -0.05) is 17.7 Å². The fourth-order valence-corrected chi connectivity index (χ4v) is 2.63. The molecular weight excluding hydrogens is 387 g/mol. The molecule has 3 amide bonds. The molecule has 0 bridgehead atoms. The summed E-state index contributed by atoms with van der Waals surface area (Å²) >= 11 is 5.52. The van der Waals surface area contributed by atoms with Gasteiger partial charge in [-0.15, -0.1) is 9.90 Å². The highest BCUT2D eigenvalue weighted by Gasteiger charge is 2.35. The van der Waals surface area contributed by atoms with Crippen molar-refractivity contribution in [2.24, 2.45) is 0 Å². The van der Waals surface area contributed by atoms with Crippen LogP contribution in [0.2, 0.25) is 5.02 Å². The summed E-state index contributed by atoms with van der Waals surface area (Å²) in [5.41, 5.74) is -0.319. The molecule has 27 heavy (non-hydrogen) atoms. The summed E-state index contributed by atoms with van der Waals surface area (Å²) < 4.78 is 40.3. The van der Waals surface area contributed by atoms with Gasteiger partial charge >= 0.3 is 12.2 Å². The summed E-state index contributed by atoms with van der Waals surface area (Å²) in [5, 5.41) is 7.63. The van der Waals surface area contributed by atoms with E-state index in [0.29, 0.717) is 11.8 Å². The van der Waals surface area contributed by atoms with Gasteiger partial charge in [0.25, 0.3) is 11.9 Å². The van der Waals surface area contributed by atoms with Crippen LogP contribution in [0, 0.1) is 0 Å². The summed E-state index contributed by atoms with van der Waals surface area (Å²) in [6, 6.07) is 8.39. The van der Waals surface area contributed by atoms with Crippen LogP contribution < -0.4 is 10.6 Å². The Morgan fingerprint density at radius 3 is 2.48 bits per heavy atom. The minimum absolute atomic E-state index is 0.152. The van der Waals surface area contributed by atoms with Crippen LogP contribution in [0.5, 0.6) is 0 Å². The van der Waals surface area contributed by atoms with Gasteiger partial charge < -0.3 is 5.32 Å². The number of benzene rings is 2. The second-order valence-electron chi connectivity index (χ2n) is 5.65. The first kappa shape index (κ1) is 17.2. The first-order valence-corrected chi connectivity index (χ1v) is 7.90. The number of carbonyl (C=O) groups excluding carboxylic acids is 2. The van der Waals surface area contributed by atoms with Crippen LogP contribution >= 0.6 is 11.6 Å². The monoisotopic (exact) mass is 395 g/mol.